The van der Waals surface area contributed by atoms with E-state index in [4.69, 9.17) is 0 Å². The third-order valence-electron chi connectivity index (χ3n) is 3.87. The fraction of sp³-hybridized carbons (Fsp3) is 0.733. The third kappa shape index (κ3) is 3.90. The molecule has 0 aliphatic carbocycles. The van der Waals surface area contributed by atoms with Gasteiger partial charge in [-0.25, -0.2) is 0 Å². The first-order valence-electron chi connectivity index (χ1n) is 7.50. The average Bonchev–Trinajstić information content (AvgIpc) is 2.40. The minimum Gasteiger partial charge on any atom is -0.352 e. The van der Waals surface area contributed by atoms with Gasteiger partial charge in [0, 0.05) is 19.1 Å². The number of rotatable bonds is 5. The molecule has 2 atom stereocenters. The number of nitrogens with zero attached hydrogens (tertiary/aromatic N) is 3. The lowest BCUT2D eigenvalue weighted by Gasteiger charge is -2.37. The Hall–Kier alpha value is -1.16. The van der Waals surface area contributed by atoms with Crippen molar-refractivity contribution in [1.29, 1.82) is 0 Å². The predicted octanol–water partition coefficient (Wildman–Crippen LogP) is 2.60. The predicted molar refractivity (Wildman–Crippen MR) is 79.2 cm³/mol. The zero-order valence-electron chi connectivity index (χ0n) is 12.4. The van der Waals surface area contributed by atoms with E-state index < -0.39 is 0 Å². The van der Waals surface area contributed by atoms with Crippen LogP contribution in [-0.2, 0) is 6.54 Å². The molecule has 0 radical (unpaired) electrons. The molecular formula is C15H26N4. The molecule has 4 heteroatoms. The first-order chi connectivity index (χ1) is 9.20. The molecule has 1 aromatic rings. The molecule has 0 bridgehead atoms. The Balaban J connectivity index is 1.94. The average molecular weight is 262 g/mol. The number of piperidine rings is 1. The van der Waals surface area contributed by atoms with Crippen LogP contribution in [0, 0.1) is 5.92 Å². The van der Waals surface area contributed by atoms with Crippen LogP contribution in [0.1, 0.15) is 45.7 Å². The summed E-state index contributed by atoms with van der Waals surface area (Å²) in [6.45, 7) is 9.74. The van der Waals surface area contributed by atoms with Gasteiger partial charge in [-0.15, -0.1) is 5.10 Å². The summed E-state index contributed by atoms with van der Waals surface area (Å²) in [5, 5.41) is 12.1. The van der Waals surface area contributed by atoms with Crippen LogP contribution in [0.3, 0.4) is 0 Å². The smallest absolute Gasteiger partial charge is 0.151 e. The van der Waals surface area contributed by atoms with Gasteiger partial charge in [0.15, 0.2) is 5.82 Å². The van der Waals surface area contributed by atoms with Gasteiger partial charge in [0.05, 0.1) is 5.69 Å². The van der Waals surface area contributed by atoms with Crippen LogP contribution in [0.25, 0.3) is 0 Å². The van der Waals surface area contributed by atoms with Crippen molar-refractivity contribution in [2.45, 2.75) is 52.6 Å². The van der Waals surface area contributed by atoms with Crippen LogP contribution in [0.4, 0.5) is 5.82 Å². The maximum Gasteiger partial charge on any atom is 0.151 e. The highest BCUT2D eigenvalue weighted by Gasteiger charge is 2.23. The summed E-state index contributed by atoms with van der Waals surface area (Å²) in [6, 6.07) is 4.78. The Morgan fingerprint density at radius 1 is 1.32 bits per heavy atom. The molecule has 19 heavy (non-hydrogen) atoms. The molecule has 1 saturated heterocycles. The number of hydrogen-bond acceptors (Lipinski definition) is 4. The largest absolute Gasteiger partial charge is 0.352 e. The van der Waals surface area contributed by atoms with Crippen molar-refractivity contribution in [2.24, 2.45) is 5.92 Å². The molecular weight excluding hydrogens is 236 g/mol. The van der Waals surface area contributed by atoms with E-state index in [0.717, 1.165) is 43.5 Å². The highest BCUT2D eigenvalue weighted by molar-refractivity contribution is 5.39. The van der Waals surface area contributed by atoms with Crippen molar-refractivity contribution >= 4 is 5.82 Å². The molecule has 1 aliphatic heterocycles. The summed E-state index contributed by atoms with van der Waals surface area (Å²) in [5.74, 6) is 1.86. The zero-order chi connectivity index (χ0) is 13.7. The minimum atomic E-state index is 0.571. The van der Waals surface area contributed by atoms with Gasteiger partial charge in [-0.05, 0) is 50.8 Å². The molecule has 1 aliphatic rings. The van der Waals surface area contributed by atoms with Crippen LogP contribution >= 0.6 is 0 Å². The highest BCUT2D eigenvalue weighted by Crippen LogP contribution is 2.25. The van der Waals surface area contributed by atoms with E-state index in [9.17, 15) is 0 Å². The fourth-order valence-corrected chi connectivity index (χ4v) is 2.74. The highest BCUT2D eigenvalue weighted by atomic mass is 15.3. The van der Waals surface area contributed by atoms with Crippen molar-refractivity contribution < 1.29 is 0 Å². The second-order valence-corrected chi connectivity index (χ2v) is 5.73. The molecule has 1 N–H and O–H groups in total. The number of anilines is 1. The summed E-state index contributed by atoms with van der Waals surface area (Å²) >= 11 is 0. The number of nitrogens with one attached hydrogen (secondary N) is 1. The molecule has 1 fully saturated rings. The molecule has 4 nitrogen and oxygen atoms in total. The molecule has 0 saturated carbocycles. The quantitative estimate of drug-likeness (QED) is 0.828. The summed E-state index contributed by atoms with van der Waals surface area (Å²) < 4.78 is 0. The normalized spacial score (nSPS) is 23.6. The number of aromatic nitrogens is 2. The van der Waals surface area contributed by atoms with Crippen molar-refractivity contribution in [2.75, 3.05) is 18.0 Å². The zero-order valence-corrected chi connectivity index (χ0v) is 12.4. The summed E-state index contributed by atoms with van der Waals surface area (Å²) in [6.07, 6.45) is 3.66. The Bertz CT molecular complexity index is 376. The van der Waals surface area contributed by atoms with E-state index in [1.54, 1.807) is 0 Å². The van der Waals surface area contributed by atoms with Gasteiger partial charge < -0.3 is 10.2 Å². The molecule has 0 aromatic carbocycles. The number of hydrogen-bond donors (Lipinski definition) is 1. The standard InChI is InChI=1S/C15H26N4/c1-4-8-16-11-14-5-6-15(18-17-14)19-9-7-12(2)10-13(19)3/h5-6,12-13,16H,4,7-11H2,1-3H3. The molecule has 1 aromatic heterocycles. The lowest BCUT2D eigenvalue weighted by Crippen LogP contribution is -2.40. The Labute approximate surface area is 116 Å². The van der Waals surface area contributed by atoms with Crippen LogP contribution in [0.5, 0.6) is 0 Å². The molecule has 0 amide bonds. The second kappa shape index (κ2) is 6.85. The van der Waals surface area contributed by atoms with Gasteiger partial charge in [-0.3, -0.25) is 0 Å². The molecule has 2 heterocycles. The van der Waals surface area contributed by atoms with Gasteiger partial charge >= 0.3 is 0 Å². The first kappa shape index (κ1) is 14.3. The summed E-state index contributed by atoms with van der Waals surface area (Å²) in [4.78, 5) is 2.39. The molecule has 106 valence electrons. The van der Waals surface area contributed by atoms with E-state index in [0.29, 0.717) is 6.04 Å². The Morgan fingerprint density at radius 3 is 2.79 bits per heavy atom. The van der Waals surface area contributed by atoms with Crippen molar-refractivity contribution in [3.8, 4) is 0 Å². The lowest BCUT2D eigenvalue weighted by atomic mass is 9.93. The maximum atomic E-state index is 4.39. The van der Waals surface area contributed by atoms with Gasteiger partial charge in [0.1, 0.15) is 0 Å². The van der Waals surface area contributed by atoms with E-state index in [-0.39, 0.29) is 0 Å². The monoisotopic (exact) mass is 262 g/mol. The molecule has 0 spiro atoms. The SMILES string of the molecule is CCCNCc1ccc(N2CCC(C)CC2C)nn1. The van der Waals surface area contributed by atoms with Gasteiger partial charge in [-0.2, -0.15) is 5.10 Å². The van der Waals surface area contributed by atoms with Crippen LogP contribution < -0.4 is 10.2 Å². The van der Waals surface area contributed by atoms with Crippen molar-refractivity contribution in [3.63, 3.8) is 0 Å². The second-order valence-electron chi connectivity index (χ2n) is 5.73. The van der Waals surface area contributed by atoms with Crippen LogP contribution in [0.15, 0.2) is 12.1 Å². The fourth-order valence-electron chi connectivity index (χ4n) is 2.74. The van der Waals surface area contributed by atoms with Crippen LogP contribution in [0.2, 0.25) is 0 Å². The summed E-state index contributed by atoms with van der Waals surface area (Å²) in [7, 11) is 0. The van der Waals surface area contributed by atoms with Gasteiger partial charge in [0.2, 0.25) is 0 Å². The Kier molecular flexibility index (Phi) is 5.14. The van der Waals surface area contributed by atoms with Gasteiger partial charge in [0.25, 0.3) is 0 Å². The van der Waals surface area contributed by atoms with E-state index in [1.165, 1.54) is 12.8 Å². The topological polar surface area (TPSA) is 41.0 Å². The minimum absolute atomic E-state index is 0.571. The third-order valence-corrected chi connectivity index (χ3v) is 3.87. The van der Waals surface area contributed by atoms with E-state index in [2.05, 4.69) is 53.3 Å². The maximum absolute atomic E-state index is 4.39. The van der Waals surface area contributed by atoms with E-state index >= 15 is 0 Å². The van der Waals surface area contributed by atoms with Crippen molar-refractivity contribution in [1.82, 2.24) is 15.5 Å². The van der Waals surface area contributed by atoms with Crippen LogP contribution in [-0.4, -0.2) is 29.3 Å². The molecule has 2 rings (SSSR count). The summed E-state index contributed by atoms with van der Waals surface area (Å²) in [5.41, 5.74) is 1.02. The van der Waals surface area contributed by atoms with E-state index in [1.807, 2.05) is 0 Å². The van der Waals surface area contributed by atoms with Gasteiger partial charge in [-0.1, -0.05) is 13.8 Å². The first-order valence-corrected chi connectivity index (χ1v) is 7.50. The Morgan fingerprint density at radius 2 is 2.16 bits per heavy atom. The molecule has 2 unspecified atom stereocenters. The van der Waals surface area contributed by atoms with Crippen molar-refractivity contribution in [3.05, 3.63) is 17.8 Å². The lowest BCUT2D eigenvalue weighted by molar-refractivity contribution is 0.375.